The largest absolute Gasteiger partial charge is 0.398 e. The summed E-state index contributed by atoms with van der Waals surface area (Å²) >= 11 is 7.25. The van der Waals surface area contributed by atoms with Crippen LogP contribution in [0, 0.1) is 5.82 Å². The molecule has 6 nitrogen and oxygen atoms in total. The number of halogens is 5. The first-order chi connectivity index (χ1) is 16.6. The summed E-state index contributed by atoms with van der Waals surface area (Å²) in [5.74, 6) is -3.72. The van der Waals surface area contributed by atoms with Gasteiger partial charge in [0.15, 0.2) is 0 Å². The number of nitrogens with one attached hydrogen (secondary N) is 2. The molecule has 0 saturated carbocycles. The number of carbonyl (C=O) groups is 2. The fourth-order valence-corrected chi connectivity index (χ4v) is 5.23. The fourth-order valence-electron chi connectivity index (χ4n) is 4.02. The highest BCUT2D eigenvalue weighted by Crippen LogP contribution is 2.34. The number of thiazole rings is 1. The topological polar surface area (TPSA) is 78.1 Å². The standard InChI is InChI=1S/C23H21ClF4N4O2S/c24-15-3-1-4-16(25)19(15)22(34)32-9-6-13(7-10-32)21-31-18(12-35-21)20(33)30-11-14(23(26,27)28)17-5-2-8-29-17/h1-5,8,12-14,29H,6-7,9-11H2,(H,30,33). The second-order valence-electron chi connectivity index (χ2n) is 8.16. The molecule has 3 heterocycles. The summed E-state index contributed by atoms with van der Waals surface area (Å²) in [7, 11) is 0. The van der Waals surface area contributed by atoms with Crippen molar-refractivity contribution in [1.29, 1.82) is 0 Å². The number of hydrogen-bond donors (Lipinski definition) is 2. The number of carbonyl (C=O) groups excluding carboxylic acids is 2. The summed E-state index contributed by atoms with van der Waals surface area (Å²) in [5, 5.41) is 4.56. The summed E-state index contributed by atoms with van der Waals surface area (Å²) in [6.07, 6.45) is -2.03. The number of piperidine rings is 1. The molecule has 1 aromatic carbocycles. The summed E-state index contributed by atoms with van der Waals surface area (Å²) in [4.78, 5) is 33.6. The smallest absolute Gasteiger partial charge is 0.364 e. The third-order valence-electron chi connectivity index (χ3n) is 5.92. The Labute approximate surface area is 207 Å². The number of hydrogen-bond acceptors (Lipinski definition) is 4. The number of H-pyrrole nitrogens is 1. The number of benzene rings is 1. The fraction of sp³-hybridized carbons (Fsp3) is 0.348. The van der Waals surface area contributed by atoms with Gasteiger partial charge in [0, 0.05) is 42.8 Å². The Kier molecular flexibility index (Phi) is 7.46. The van der Waals surface area contributed by atoms with Crippen molar-refractivity contribution in [3.05, 3.63) is 74.7 Å². The molecule has 1 aliphatic heterocycles. The van der Waals surface area contributed by atoms with Crippen molar-refractivity contribution < 1.29 is 27.2 Å². The van der Waals surface area contributed by atoms with Gasteiger partial charge in [0.1, 0.15) is 17.4 Å². The molecule has 12 heteroatoms. The van der Waals surface area contributed by atoms with Gasteiger partial charge in [0.2, 0.25) is 0 Å². The van der Waals surface area contributed by atoms with Crippen LogP contribution in [0.2, 0.25) is 5.02 Å². The molecule has 1 saturated heterocycles. The van der Waals surface area contributed by atoms with Crippen LogP contribution >= 0.6 is 22.9 Å². The van der Waals surface area contributed by atoms with E-state index in [4.69, 9.17) is 11.6 Å². The molecular formula is C23H21ClF4N4O2S. The van der Waals surface area contributed by atoms with Gasteiger partial charge in [0.25, 0.3) is 11.8 Å². The highest BCUT2D eigenvalue weighted by Gasteiger charge is 2.41. The van der Waals surface area contributed by atoms with Crippen molar-refractivity contribution in [3.8, 4) is 0 Å². The van der Waals surface area contributed by atoms with E-state index in [0.29, 0.717) is 30.9 Å². The van der Waals surface area contributed by atoms with E-state index < -0.39 is 36.3 Å². The molecule has 0 spiro atoms. The SMILES string of the molecule is O=C(NCC(c1ccc[nH]1)C(F)(F)F)c1csc(C2CCN(C(=O)c3c(F)cccc3Cl)CC2)n1. The highest BCUT2D eigenvalue weighted by molar-refractivity contribution is 7.09. The zero-order valence-electron chi connectivity index (χ0n) is 18.2. The lowest BCUT2D eigenvalue weighted by Gasteiger charge is -2.31. The minimum absolute atomic E-state index is 0.0245. The minimum atomic E-state index is -4.52. The van der Waals surface area contributed by atoms with Crippen molar-refractivity contribution in [2.45, 2.75) is 30.9 Å². The number of aromatic amines is 1. The average molecular weight is 529 g/mol. The van der Waals surface area contributed by atoms with E-state index in [1.165, 1.54) is 58.1 Å². The molecule has 2 N–H and O–H groups in total. The molecule has 35 heavy (non-hydrogen) atoms. The molecule has 0 aliphatic carbocycles. The summed E-state index contributed by atoms with van der Waals surface area (Å²) in [6, 6.07) is 6.86. The van der Waals surface area contributed by atoms with E-state index in [1.54, 1.807) is 0 Å². The molecule has 0 bridgehead atoms. The van der Waals surface area contributed by atoms with Crippen molar-refractivity contribution in [2.75, 3.05) is 19.6 Å². The number of likely N-dealkylation sites (tertiary alicyclic amines) is 1. The molecule has 4 rings (SSSR count). The van der Waals surface area contributed by atoms with Gasteiger partial charge in [-0.25, -0.2) is 9.37 Å². The lowest BCUT2D eigenvalue weighted by molar-refractivity contribution is -0.149. The van der Waals surface area contributed by atoms with Crippen molar-refractivity contribution >= 4 is 34.8 Å². The molecule has 186 valence electrons. The van der Waals surface area contributed by atoms with Crippen LogP contribution in [-0.4, -0.2) is 52.5 Å². The first kappa shape index (κ1) is 25.2. The van der Waals surface area contributed by atoms with E-state index in [0.717, 1.165) is 0 Å². The molecule has 2 aromatic heterocycles. The van der Waals surface area contributed by atoms with E-state index in [2.05, 4.69) is 15.3 Å². The van der Waals surface area contributed by atoms with Crippen LogP contribution in [0.4, 0.5) is 17.6 Å². The summed E-state index contributed by atoms with van der Waals surface area (Å²) in [5.41, 5.74) is -0.138. The molecule has 3 aromatic rings. The predicted octanol–water partition coefficient (Wildman–Crippen LogP) is 5.36. The van der Waals surface area contributed by atoms with Crippen molar-refractivity contribution in [3.63, 3.8) is 0 Å². The summed E-state index contributed by atoms with van der Waals surface area (Å²) in [6.45, 7) is 0.103. The molecule has 1 atom stereocenters. The van der Waals surface area contributed by atoms with Gasteiger partial charge in [-0.3, -0.25) is 9.59 Å². The number of nitrogens with zero attached hydrogens (tertiary/aromatic N) is 2. The van der Waals surface area contributed by atoms with Crippen LogP contribution in [0.1, 0.15) is 56.2 Å². The molecule has 1 aliphatic rings. The van der Waals surface area contributed by atoms with Crippen LogP contribution in [0.5, 0.6) is 0 Å². The zero-order chi connectivity index (χ0) is 25.2. The Balaban J connectivity index is 1.34. The van der Waals surface area contributed by atoms with E-state index in [-0.39, 0.29) is 27.9 Å². The minimum Gasteiger partial charge on any atom is -0.364 e. The normalized spacial score (nSPS) is 15.7. The average Bonchev–Trinajstić information content (AvgIpc) is 3.51. The molecule has 2 amide bonds. The van der Waals surface area contributed by atoms with Gasteiger partial charge in [-0.2, -0.15) is 13.2 Å². The predicted molar refractivity (Wildman–Crippen MR) is 123 cm³/mol. The quantitative estimate of drug-likeness (QED) is 0.423. The van der Waals surface area contributed by atoms with Gasteiger partial charge >= 0.3 is 6.18 Å². The lowest BCUT2D eigenvalue weighted by atomic mass is 9.97. The highest BCUT2D eigenvalue weighted by atomic mass is 35.5. The molecule has 0 radical (unpaired) electrons. The maximum atomic E-state index is 14.1. The maximum Gasteiger partial charge on any atom is 0.398 e. The second kappa shape index (κ2) is 10.4. The Bertz CT molecular complexity index is 1170. The Morgan fingerprint density at radius 1 is 1.23 bits per heavy atom. The Morgan fingerprint density at radius 3 is 2.60 bits per heavy atom. The number of rotatable bonds is 6. The van der Waals surface area contributed by atoms with Crippen LogP contribution < -0.4 is 5.32 Å². The lowest BCUT2D eigenvalue weighted by Crippen LogP contribution is -2.38. The maximum absolute atomic E-state index is 14.1. The third kappa shape index (κ3) is 5.67. The molecule has 1 unspecified atom stereocenters. The van der Waals surface area contributed by atoms with Crippen LogP contribution in [0.15, 0.2) is 41.9 Å². The summed E-state index contributed by atoms with van der Waals surface area (Å²) < 4.78 is 54.2. The van der Waals surface area contributed by atoms with E-state index in [9.17, 15) is 27.2 Å². The van der Waals surface area contributed by atoms with Gasteiger partial charge < -0.3 is 15.2 Å². The Hall–Kier alpha value is -2.92. The molecular weight excluding hydrogens is 508 g/mol. The third-order valence-corrected chi connectivity index (χ3v) is 7.24. The van der Waals surface area contributed by atoms with Crippen LogP contribution in [0.3, 0.4) is 0 Å². The second-order valence-corrected chi connectivity index (χ2v) is 9.46. The van der Waals surface area contributed by atoms with Crippen LogP contribution in [0.25, 0.3) is 0 Å². The molecule has 1 fully saturated rings. The van der Waals surface area contributed by atoms with E-state index >= 15 is 0 Å². The van der Waals surface area contributed by atoms with Crippen molar-refractivity contribution in [1.82, 2.24) is 20.2 Å². The zero-order valence-corrected chi connectivity index (χ0v) is 19.8. The van der Waals surface area contributed by atoms with Gasteiger partial charge in [-0.05, 0) is 37.1 Å². The first-order valence-corrected chi connectivity index (χ1v) is 12.1. The van der Waals surface area contributed by atoms with Gasteiger partial charge in [0.05, 0.1) is 15.6 Å². The van der Waals surface area contributed by atoms with Gasteiger partial charge in [-0.15, -0.1) is 11.3 Å². The van der Waals surface area contributed by atoms with Gasteiger partial charge in [-0.1, -0.05) is 17.7 Å². The monoisotopic (exact) mass is 528 g/mol. The number of aromatic nitrogens is 2. The first-order valence-electron chi connectivity index (χ1n) is 10.8. The number of alkyl halides is 3. The van der Waals surface area contributed by atoms with Crippen LogP contribution in [-0.2, 0) is 0 Å². The Morgan fingerprint density at radius 2 is 1.97 bits per heavy atom. The van der Waals surface area contributed by atoms with Crippen molar-refractivity contribution in [2.24, 2.45) is 0 Å². The number of amides is 2. The van der Waals surface area contributed by atoms with E-state index in [1.807, 2.05) is 0 Å².